The molecule has 2 aliphatic rings. The zero-order chi connectivity index (χ0) is 12.7. The van der Waals surface area contributed by atoms with Crippen LogP contribution in [-0.4, -0.2) is 30.1 Å². The SMILES string of the molecule is CN1[C@@H]2C=C[C@H]1C[C@H](Oc1ccc(Cl)c(Cl)c1)C2. The van der Waals surface area contributed by atoms with E-state index in [1.54, 1.807) is 12.1 Å². The molecule has 1 aromatic rings. The molecule has 1 saturated heterocycles. The number of benzene rings is 1. The van der Waals surface area contributed by atoms with E-state index in [2.05, 4.69) is 24.1 Å². The highest BCUT2D eigenvalue weighted by Gasteiger charge is 2.35. The highest BCUT2D eigenvalue weighted by molar-refractivity contribution is 6.42. The van der Waals surface area contributed by atoms with Crippen LogP contribution in [0.2, 0.25) is 10.0 Å². The molecule has 3 rings (SSSR count). The average molecular weight is 284 g/mol. The summed E-state index contributed by atoms with van der Waals surface area (Å²) in [6.45, 7) is 0. The van der Waals surface area contributed by atoms with Crippen molar-refractivity contribution in [3.63, 3.8) is 0 Å². The Balaban J connectivity index is 1.69. The molecule has 3 atom stereocenters. The number of fused-ring (bicyclic) bond motifs is 2. The van der Waals surface area contributed by atoms with Crippen molar-refractivity contribution < 1.29 is 4.74 Å². The van der Waals surface area contributed by atoms with Crippen LogP contribution < -0.4 is 4.74 Å². The first kappa shape index (κ1) is 12.3. The second kappa shape index (κ2) is 4.76. The molecule has 0 spiro atoms. The summed E-state index contributed by atoms with van der Waals surface area (Å²) in [5, 5.41) is 1.11. The molecule has 18 heavy (non-hydrogen) atoms. The topological polar surface area (TPSA) is 12.5 Å². The highest BCUT2D eigenvalue weighted by atomic mass is 35.5. The summed E-state index contributed by atoms with van der Waals surface area (Å²) in [5.74, 6) is 0.804. The van der Waals surface area contributed by atoms with Crippen LogP contribution in [0.1, 0.15) is 12.8 Å². The van der Waals surface area contributed by atoms with Gasteiger partial charge in [-0.05, 0) is 19.2 Å². The fourth-order valence-electron chi connectivity index (χ4n) is 2.74. The zero-order valence-electron chi connectivity index (χ0n) is 10.1. The van der Waals surface area contributed by atoms with E-state index in [9.17, 15) is 0 Å². The van der Waals surface area contributed by atoms with Gasteiger partial charge in [0.1, 0.15) is 11.9 Å². The minimum absolute atomic E-state index is 0.253. The quantitative estimate of drug-likeness (QED) is 0.766. The molecule has 1 fully saturated rings. The first-order valence-electron chi connectivity index (χ1n) is 6.15. The van der Waals surface area contributed by atoms with Gasteiger partial charge in [-0.1, -0.05) is 35.4 Å². The number of piperidine rings is 1. The smallest absolute Gasteiger partial charge is 0.121 e. The Hall–Kier alpha value is -0.700. The molecule has 0 aromatic heterocycles. The van der Waals surface area contributed by atoms with E-state index in [0.29, 0.717) is 22.1 Å². The van der Waals surface area contributed by atoms with Crippen LogP contribution in [0, 0.1) is 0 Å². The number of hydrogen-bond acceptors (Lipinski definition) is 2. The lowest BCUT2D eigenvalue weighted by molar-refractivity contribution is 0.0752. The van der Waals surface area contributed by atoms with Crippen molar-refractivity contribution in [2.24, 2.45) is 0 Å². The van der Waals surface area contributed by atoms with Crippen LogP contribution in [0.3, 0.4) is 0 Å². The normalized spacial score (nSPS) is 30.7. The molecule has 2 nitrogen and oxygen atoms in total. The molecule has 0 radical (unpaired) electrons. The van der Waals surface area contributed by atoms with E-state index >= 15 is 0 Å². The third kappa shape index (κ3) is 2.25. The Kier molecular flexibility index (Phi) is 3.27. The molecule has 2 heterocycles. The van der Waals surface area contributed by atoms with E-state index in [4.69, 9.17) is 27.9 Å². The molecular weight excluding hydrogens is 269 g/mol. The highest BCUT2D eigenvalue weighted by Crippen LogP contribution is 2.33. The summed E-state index contributed by atoms with van der Waals surface area (Å²) in [5.41, 5.74) is 0. The lowest BCUT2D eigenvalue weighted by atomic mass is 9.99. The second-order valence-electron chi connectivity index (χ2n) is 4.97. The van der Waals surface area contributed by atoms with Crippen LogP contribution >= 0.6 is 23.2 Å². The first-order chi connectivity index (χ1) is 8.63. The van der Waals surface area contributed by atoms with Crippen molar-refractivity contribution >= 4 is 23.2 Å². The van der Waals surface area contributed by atoms with Gasteiger partial charge in [-0.3, -0.25) is 4.90 Å². The summed E-state index contributed by atoms with van der Waals surface area (Å²) in [6.07, 6.45) is 6.88. The summed E-state index contributed by atoms with van der Waals surface area (Å²) in [6, 6.07) is 6.47. The molecule has 2 aliphatic heterocycles. The lowest BCUT2D eigenvalue weighted by Gasteiger charge is -2.36. The van der Waals surface area contributed by atoms with Crippen molar-refractivity contribution in [3.8, 4) is 5.75 Å². The van der Waals surface area contributed by atoms with Gasteiger partial charge >= 0.3 is 0 Å². The molecule has 0 saturated carbocycles. The number of nitrogens with zero attached hydrogens (tertiary/aromatic N) is 1. The maximum atomic E-state index is 6.01. The third-order valence-corrected chi connectivity index (χ3v) is 4.54. The van der Waals surface area contributed by atoms with Gasteiger partial charge in [0.25, 0.3) is 0 Å². The number of likely N-dealkylation sites (N-methyl/N-ethyl adjacent to an activating group) is 1. The second-order valence-corrected chi connectivity index (χ2v) is 5.79. The van der Waals surface area contributed by atoms with Gasteiger partial charge in [-0.2, -0.15) is 0 Å². The number of halogens is 2. The zero-order valence-corrected chi connectivity index (χ0v) is 11.7. The van der Waals surface area contributed by atoms with Crippen molar-refractivity contribution in [3.05, 3.63) is 40.4 Å². The Morgan fingerprint density at radius 2 is 1.78 bits per heavy atom. The van der Waals surface area contributed by atoms with E-state index in [1.807, 2.05) is 6.07 Å². The van der Waals surface area contributed by atoms with Gasteiger partial charge < -0.3 is 4.74 Å². The lowest BCUT2D eigenvalue weighted by Crippen LogP contribution is -2.44. The fourth-order valence-corrected chi connectivity index (χ4v) is 3.03. The van der Waals surface area contributed by atoms with Crippen molar-refractivity contribution in [2.45, 2.75) is 31.0 Å². The van der Waals surface area contributed by atoms with Gasteiger partial charge in [-0.25, -0.2) is 0 Å². The Morgan fingerprint density at radius 3 is 2.39 bits per heavy atom. The van der Waals surface area contributed by atoms with Gasteiger partial charge in [0, 0.05) is 31.0 Å². The van der Waals surface area contributed by atoms with E-state index in [0.717, 1.165) is 18.6 Å². The monoisotopic (exact) mass is 283 g/mol. The Labute approximate surface area is 117 Å². The van der Waals surface area contributed by atoms with Gasteiger partial charge in [0.15, 0.2) is 0 Å². The maximum absolute atomic E-state index is 6.01. The fraction of sp³-hybridized carbons (Fsp3) is 0.429. The molecule has 4 heteroatoms. The molecule has 2 bridgehead atoms. The van der Waals surface area contributed by atoms with Crippen molar-refractivity contribution in [1.82, 2.24) is 4.90 Å². The minimum Gasteiger partial charge on any atom is -0.490 e. The van der Waals surface area contributed by atoms with Crippen molar-refractivity contribution in [2.75, 3.05) is 7.05 Å². The van der Waals surface area contributed by atoms with Gasteiger partial charge in [-0.15, -0.1) is 0 Å². The van der Waals surface area contributed by atoms with Crippen LogP contribution in [0.15, 0.2) is 30.4 Å². The van der Waals surface area contributed by atoms with Gasteiger partial charge in [0.05, 0.1) is 10.0 Å². The molecule has 0 amide bonds. The summed E-state index contributed by atoms with van der Waals surface area (Å²) in [4.78, 5) is 2.40. The van der Waals surface area contributed by atoms with Crippen LogP contribution in [-0.2, 0) is 0 Å². The Morgan fingerprint density at radius 1 is 1.11 bits per heavy atom. The molecule has 1 aromatic carbocycles. The third-order valence-electron chi connectivity index (χ3n) is 3.80. The van der Waals surface area contributed by atoms with E-state index in [1.165, 1.54) is 0 Å². The molecule has 96 valence electrons. The average Bonchev–Trinajstić information content (AvgIpc) is 2.58. The van der Waals surface area contributed by atoms with Crippen molar-refractivity contribution in [1.29, 1.82) is 0 Å². The molecule has 0 N–H and O–H groups in total. The Bertz CT molecular complexity index is 473. The number of hydrogen-bond donors (Lipinski definition) is 0. The molecule has 0 unspecified atom stereocenters. The molecule has 0 aliphatic carbocycles. The standard InChI is InChI=1S/C14H15Cl2NO/c1-17-9-2-3-10(17)7-12(6-9)18-11-4-5-13(15)14(16)8-11/h2-5,8-10,12H,6-7H2,1H3/t9-,10+,12-. The molecular formula is C14H15Cl2NO. The summed E-state index contributed by atoms with van der Waals surface area (Å²) < 4.78 is 6.01. The van der Waals surface area contributed by atoms with Crippen LogP contribution in [0.25, 0.3) is 0 Å². The largest absolute Gasteiger partial charge is 0.490 e. The maximum Gasteiger partial charge on any atom is 0.121 e. The van der Waals surface area contributed by atoms with Crippen LogP contribution in [0.4, 0.5) is 0 Å². The summed E-state index contributed by atoms with van der Waals surface area (Å²) in [7, 11) is 2.17. The van der Waals surface area contributed by atoms with E-state index in [-0.39, 0.29) is 6.10 Å². The first-order valence-corrected chi connectivity index (χ1v) is 6.91. The predicted octanol–water partition coefficient (Wildman–Crippen LogP) is 3.77. The van der Waals surface area contributed by atoms with E-state index < -0.39 is 0 Å². The predicted molar refractivity (Wildman–Crippen MR) is 74.6 cm³/mol. The van der Waals surface area contributed by atoms with Gasteiger partial charge in [0.2, 0.25) is 0 Å². The summed E-state index contributed by atoms with van der Waals surface area (Å²) >= 11 is 11.9. The number of ether oxygens (including phenoxy) is 1. The van der Waals surface area contributed by atoms with Crippen LogP contribution in [0.5, 0.6) is 5.75 Å². The number of rotatable bonds is 2. The minimum atomic E-state index is 0.253.